The van der Waals surface area contributed by atoms with Crippen molar-refractivity contribution in [2.24, 2.45) is 5.92 Å². The van der Waals surface area contributed by atoms with Gasteiger partial charge in [0.1, 0.15) is 18.0 Å². The van der Waals surface area contributed by atoms with Gasteiger partial charge in [0.15, 0.2) is 0 Å². The van der Waals surface area contributed by atoms with E-state index in [9.17, 15) is 15.3 Å². The minimum absolute atomic E-state index is 0.174. The molecule has 2 fully saturated rings. The van der Waals surface area contributed by atoms with Crippen LogP contribution in [0.15, 0.2) is 24.3 Å². The van der Waals surface area contributed by atoms with E-state index in [1.807, 2.05) is 24.3 Å². The minimum atomic E-state index is -0.998. The molecule has 4 atom stereocenters. The SMILES string of the molecule is OCC1CC(O)C(O)C(c2ccc(OCC3CCOCC3)cc2)O1. The Balaban J connectivity index is 1.58. The van der Waals surface area contributed by atoms with Gasteiger partial charge in [-0.15, -0.1) is 0 Å². The fourth-order valence-electron chi connectivity index (χ4n) is 3.23. The molecule has 0 spiro atoms. The molecule has 24 heavy (non-hydrogen) atoms. The molecule has 0 radical (unpaired) electrons. The summed E-state index contributed by atoms with van der Waals surface area (Å²) < 4.78 is 16.9. The van der Waals surface area contributed by atoms with E-state index < -0.39 is 24.4 Å². The van der Waals surface area contributed by atoms with Crippen LogP contribution in [0.1, 0.15) is 30.9 Å². The van der Waals surface area contributed by atoms with Gasteiger partial charge in [0.25, 0.3) is 0 Å². The zero-order chi connectivity index (χ0) is 16.9. The third kappa shape index (κ3) is 4.26. The standard InChI is InChI=1S/C18H26O6/c19-10-15-9-16(20)17(21)18(24-15)13-1-3-14(4-2-13)23-11-12-5-7-22-8-6-12/h1-4,12,15-21H,5-11H2. The van der Waals surface area contributed by atoms with Crippen LogP contribution in [0.4, 0.5) is 0 Å². The van der Waals surface area contributed by atoms with Crippen LogP contribution >= 0.6 is 0 Å². The second-order valence-corrected chi connectivity index (χ2v) is 6.59. The number of hydrogen-bond donors (Lipinski definition) is 3. The maximum atomic E-state index is 10.1. The first-order chi connectivity index (χ1) is 11.7. The summed E-state index contributed by atoms with van der Waals surface area (Å²) in [6.45, 7) is 2.11. The Morgan fingerprint density at radius 2 is 1.79 bits per heavy atom. The number of benzene rings is 1. The van der Waals surface area contributed by atoms with E-state index in [4.69, 9.17) is 14.2 Å². The Hall–Kier alpha value is -1.18. The first-order valence-electron chi connectivity index (χ1n) is 8.60. The van der Waals surface area contributed by atoms with Crippen molar-refractivity contribution in [1.29, 1.82) is 0 Å². The highest BCUT2D eigenvalue weighted by Gasteiger charge is 2.37. The molecule has 2 aliphatic rings. The van der Waals surface area contributed by atoms with E-state index in [2.05, 4.69) is 0 Å². The van der Waals surface area contributed by atoms with E-state index >= 15 is 0 Å². The van der Waals surface area contributed by atoms with Crippen LogP contribution in [0.3, 0.4) is 0 Å². The maximum Gasteiger partial charge on any atom is 0.119 e. The lowest BCUT2D eigenvalue weighted by atomic mass is 9.93. The normalized spacial score (nSPS) is 31.8. The van der Waals surface area contributed by atoms with Gasteiger partial charge in [-0.3, -0.25) is 0 Å². The topological polar surface area (TPSA) is 88.4 Å². The molecule has 1 aromatic rings. The molecule has 0 aliphatic carbocycles. The van der Waals surface area contributed by atoms with Crippen molar-refractivity contribution < 1.29 is 29.5 Å². The maximum absolute atomic E-state index is 10.1. The Morgan fingerprint density at radius 1 is 1.08 bits per heavy atom. The average molecular weight is 338 g/mol. The van der Waals surface area contributed by atoms with Crippen molar-refractivity contribution in [3.63, 3.8) is 0 Å². The van der Waals surface area contributed by atoms with Gasteiger partial charge in [0, 0.05) is 19.6 Å². The third-order valence-electron chi connectivity index (χ3n) is 4.79. The summed E-state index contributed by atoms with van der Waals surface area (Å²) in [6.07, 6.45) is -0.706. The molecule has 6 nitrogen and oxygen atoms in total. The zero-order valence-corrected chi connectivity index (χ0v) is 13.7. The molecule has 6 heteroatoms. The van der Waals surface area contributed by atoms with Crippen molar-refractivity contribution in [3.8, 4) is 5.75 Å². The van der Waals surface area contributed by atoms with Crippen molar-refractivity contribution in [2.75, 3.05) is 26.4 Å². The van der Waals surface area contributed by atoms with E-state index in [1.54, 1.807) is 0 Å². The monoisotopic (exact) mass is 338 g/mol. The quantitative estimate of drug-likeness (QED) is 0.743. The minimum Gasteiger partial charge on any atom is -0.493 e. The molecule has 134 valence electrons. The number of aliphatic hydroxyl groups excluding tert-OH is 3. The summed E-state index contributed by atoms with van der Waals surface area (Å²) in [5, 5.41) is 29.3. The fraction of sp³-hybridized carbons (Fsp3) is 0.667. The first-order valence-corrected chi connectivity index (χ1v) is 8.60. The molecule has 2 aliphatic heterocycles. The van der Waals surface area contributed by atoms with Crippen LogP contribution in [0, 0.1) is 5.92 Å². The second-order valence-electron chi connectivity index (χ2n) is 6.59. The van der Waals surface area contributed by atoms with Gasteiger partial charge in [0.05, 0.1) is 25.4 Å². The second kappa shape index (κ2) is 8.27. The molecule has 1 aromatic carbocycles. The van der Waals surface area contributed by atoms with Crippen LogP contribution in [-0.2, 0) is 9.47 Å². The summed E-state index contributed by atoms with van der Waals surface area (Å²) in [6, 6.07) is 7.36. The van der Waals surface area contributed by atoms with Crippen molar-refractivity contribution in [1.82, 2.24) is 0 Å². The van der Waals surface area contributed by atoms with Gasteiger partial charge in [-0.1, -0.05) is 12.1 Å². The molecule has 3 rings (SSSR count). The summed E-state index contributed by atoms with van der Waals surface area (Å²) in [5.74, 6) is 1.30. The molecule has 0 amide bonds. The van der Waals surface area contributed by atoms with Gasteiger partial charge >= 0.3 is 0 Å². The van der Waals surface area contributed by atoms with Crippen LogP contribution in [0.5, 0.6) is 5.75 Å². The number of rotatable bonds is 5. The van der Waals surface area contributed by atoms with Crippen LogP contribution in [0.25, 0.3) is 0 Å². The van der Waals surface area contributed by atoms with Gasteiger partial charge in [-0.25, -0.2) is 0 Å². The van der Waals surface area contributed by atoms with E-state index in [0.29, 0.717) is 12.5 Å². The summed E-state index contributed by atoms with van der Waals surface area (Å²) in [5.41, 5.74) is 0.762. The fourth-order valence-corrected chi connectivity index (χ4v) is 3.23. The number of hydrogen-bond acceptors (Lipinski definition) is 6. The van der Waals surface area contributed by atoms with Crippen molar-refractivity contribution in [2.45, 2.75) is 43.7 Å². The lowest BCUT2D eigenvalue weighted by molar-refractivity contribution is -0.179. The summed E-state index contributed by atoms with van der Waals surface area (Å²) >= 11 is 0. The Labute approximate surface area is 142 Å². The Morgan fingerprint density at radius 3 is 2.46 bits per heavy atom. The predicted molar refractivity (Wildman–Crippen MR) is 86.8 cm³/mol. The molecular weight excluding hydrogens is 312 g/mol. The molecule has 2 saturated heterocycles. The highest BCUT2D eigenvalue weighted by atomic mass is 16.5. The first kappa shape index (κ1) is 17.6. The van der Waals surface area contributed by atoms with Crippen LogP contribution in [-0.4, -0.2) is 60.1 Å². The molecule has 0 saturated carbocycles. The molecule has 4 unspecified atom stereocenters. The summed E-state index contributed by atoms with van der Waals surface area (Å²) in [4.78, 5) is 0. The number of aliphatic hydroxyl groups is 3. The van der Waals surface area contributed by atoms with E-state index in [0.717, 1.165) is 37.4 Å². The van der Waals surface area contributed by atoms with Crippen LogP contribution in [0.2, 0.25) is 0 Å². The summed E-state index contributed by atoms with van der Waals surface area (Å²) in [7, 11) is 0. The van der Waals surface area contributed by atoms with Crippen molar-refractivity contribution in [3.05, 3.63) is 29.8 Å². The molecule has 3 N–H and O–H groups in total. The van der Waals surface area contributed by atoms with Crippen molar-refractivity contribution >= 4 is 0 Å². The van der Waals surface area contributed by atoms with Gasteiger partial charge in [-0.2, -0.15) is 0 Å². The lowest BCUT2D eigenvalue weighted by Gasteiger charge is -2.36. The van der Waals surface area contributed by atoms with Gasteiger partial charge in [0.2, 0.25) is 0 Å². The highest BCUT2D eigenvalue weighted by Crippen LogP contribution is 2.32. The van der Waals surface area contributed by atoms with Gasteiger partial charge in [-0.05, 0) is 36.5 Å². The number of ether oxygens (including phenoxy) is 3. The van der Waals surface area contributed by atoms with E-state index in [1.165, 1.54) is 0 Å². The van der Waals surface area contributed by atoms with E-state index in [-0.39, 0.29) is 13.0 Å². The van der Waals surface area contributed by atoms with Crippen LogP contribution < -0.4 is 4.74 Å². The zero-order valence-electron chi connectivity index (χ0n) is 13.7. The smallest absolute Gasteiger partial charge is 0.119 e. The predicted octanol–water partition coefficient (Wildman–Crippen LogP) is 1.04. The Bertz CT molecular complexity index is 499. The molecule has 2 heterocycles. The average Bonchev–Trinajstić information content (AvgIpc) is 2.63. The van der Waals surface area contributed by atoms with Gasteiger partial charge < -0.3 is 29.5 Å². The molecular formula is C18H26O6. The Kier molecular flexibility index (Phi) is 6.08. The highest BCUT2D eigenvalue weighted by molar-refractivity contribution is 5.29. The largest absolute Gasteiger partial charge is 0.493 e. The molecule has 0 bridgehead atoms. The lowest BCUT2D eigenvalue weighted by Crippen LogP contribution is -2.44. The molecule has 0 aromatic heterocycles. The third-order valence-corrected chi connectivity index (χ3v) is 4.79.